The summed E-state index contributed by atoms with van der Waals surface area (Å²) in [6, 6.07) is 7.66. The minimum absolute atomic E-state index is 0.298. The monoisotopic (exact) mass is 474 g/mol. The summed E-state index contributed by atoms with van der Waals surface area (Å²) in [7, 11) is 0. The van der Waals surface area contributed by atoms with Gasteiger partial charge in [-0.3, -0.25) is 14.9 Å². The molecule has 154 valence electrons. The number of carbonyl (C=O) groups is 1. The van der Waals surface area contributed by atoms with Crippen LogP contribution in [0.2, 0.25) is 0 Å². The molecular formula is C18H14BrF3N2O5. The van der Waals surface area contributed by atoms with Crippen molar-refractivity contribution in [3.8, 4) is 11.5 Å². The Morgan fingerprint density at radius 1 is 1.31 bits per heavy atom. The fourth-order valence-electron chi connectivity index (χ4n) is 2.86. The molecule has 11 heteroatoms. The van der Waals surface area contributed by atoms with Gasteiger partial charge in [0.1, 0.15) is 17.1 Å². The van der Waals surface area contributed by atoms with Gasteiger partial charge in [-0.2, -0.15) is 13.2 Å². The Morgan fingerprint density at radius 3 is 2.76 bits per heavy atom. The van der Waals surface area contributed by atoms with Crippen molar-refractivity contribution in [1.29, 1.82) is 0 Å². The number of ether oxygens (including phenoxy) is 2. The maximum atomic E-state index is 12.7. The zero-order valence-electron chi connectivity index (χ0n) is 14.7. The van der Waals surface area contributed by atoms with Crippen molar-refractivity contribution >= 4 is 27.5 Å². The maximum absolute atomic E-state index is 12.7. The number of rotatable bonds is 5. The number of nitro groups is 1. The number of nitro benzene ring substituents is 1. The number of fused-ring (bicyclic) bond motifs is 1. The van der Waals surface area contributed by atoms with Crippen LogP contribution in [-0.4, -0.2) is 30.2 Å². The van der Waals surface area contributed by atoms with Crippen LogP contribution < -0.4 is 14.8 Å². The Kier molecular flexibility index (Phi) is 5.96. The van der Waals surface area contributed by atoms with Crippen LogP contribution in [0.15, 0.2) is 40.9 Å². The molecule has 3 rings (SSSR count). The van der Waals surface area contributed by atoms with Gasteiger partial charge in [0.2, 0.25) is 0 Å². The van der Waals surface area contributed by atoms with E-state index in [1.165, 1.54) is 0 Å². The second-order valence-corrected chi connectivity index (χ2v) is 7.10. The Bertz CT molecular complexity index is 952. The number of hydrogen-bond donors (Lipinski definition) is 1. The minimum Gasteiger partial charge on any atom is -0.493 e. The Labute approximate surface area is 171 Å². The van der Waals surface area contributed by atoms with Crippen molar-refractivity contribution < 1.29 is 32.4 Å². The van der Waals surface area contributed by atoms with Crippen LogP contribution in [0.1, 0.15) is 28.4 Å². The SMILES string of the molecule is O=C(NC1CCOc2ccc(Br)cc21)c1cc(OCC(F)(F)F)ccc1[N+](=O)[O-]. The topological polar surface area (TPSA) is 90.7 Å². The van der Waals surface area contributed by atoms with E-state index in [2.05, 4.69) is 26.0 Å². The second kappa shape index (κ2) is 8.27. The van der Waals surface area contributed by atoms with E-state index in [1.54, 1.807) is 18.2 Å². The molecule has 2 aromatic rings. The Hall–Kier alpha value is -2.82. The predicted molar refractivity (Wildman–Crippen MR) is 99.1 cm³/mol. The molecular weight excluding hydrogens is 461 g/mol. The lowest BCUT2D eigenvalue weighted by Gasteiger charge is -2.27. The van der Waals surface area contributed by atoms with Gasteiger partial charge in [0.15, 0.2) is 6.61 Å². The number of alkyl halides is 3. The van der Waals surface area contributed by atoms with Crippen LogP contribution in [0.3, 0.4) is 0 Å². The standard InChI is InChI=1S/C18H14BrF3N2O5/c19-10-1-4-16-12(7-10)14(5-6-28-16)23-17(25)13-8-11(29-9-18(20,21)22)2-3-15(13)24(26)27/h1-4,7-8,14H,5-6,9H2,(H,23,25). The molecule has 0 saturated heterocycles. The van der Waals surface area contributed by atoms with Crippen LogP contribution in [0.5, 0.6) is 11.5 Å². The van der Waals surface area contributed by atoms with Gasteiger partial charge in [-0.25, -0.2) is 0 Å². The molecule has 0 aromatic heterocycles. The summed E-state index contributed by atoms with van der Waals surface area (Å²) in [4.78, 5) is 23.2. The van der Waals surface area contributed by atoms with E-state index in [9.17, 15) is 28.1 Å². The first-order valence-electron chi connectivity index (χ1n) is 8.35. The number of nitrogens with zero attached hydrogens (tertiary/aromatic N) is 1. The van der Waals surface area contributed by atoms with Crippen molar-refractivity contribution in [1.82, 2.24) is 5.32 Å². The lowest BCUT2D eigenvalue weighted by atomic mass is 10.00. The van der Waals surface area contributed by atoms with Gasteiger partial charge >= 0.3 is 6.18 Å². The summed E-state index contributed by atoms with van der Waals surface area (Å²) >= 11 is 3.34. The molecule has 1 aliphatic heterocycles. The van der Waals surface area contributed by atoms with Crippen LogP contribution in [0.25, 0.3) is 0 Å². The molecule has 0 spiro atoms. The van der Waals surface area contributed by atoms with E-state index < -0.39 is 40.9 Å². The molecule has 0 fully saturated rings. The van der Waals surface area contributed by atoms with E-state index in [1.807, 2.05) is 0 Å². The molecule has 7 nitrogen and oxygen atoms in total. The minimum atomic E-state index is -4.58. The van der Waals surface area contributed by atoms with Crippen molar-refractivity contribution in [3.63, 3.8) is 0 Å². The molecule has 1 amide bonds. The van der Waals surface area contributed by atoms with E-state index in [-0.39, 0.29) is 5.75 Å². The number of amides is 1. The molecule has 1 unspecified atom stereocenters. The Balaban J connectivity index is 1.86. The average molecular weight is 475 g/mol. The molecule has 1 N–H and O–H groups in total. The number of halogens is 4. The zero-order chi connectivity index (χ0) is 21.2. The molecule has 0 radical (unpaired) electrons. The van der Waals surface area contributed by atoms with Gasteiger partial charge in [-0.15, -0.1) is 0 Å². The third-order valence-electron chi connectivity index (χ3n) is 4.13. The van der Waals surface area contributed by atoms with Crippen LogP contribution in [0, 0.1) is 10.1 Å². The lowest BCUT2D eigenvalue weighted by molar-refractivity contribution is -0.385. The van der Waals surface area contributed by atoms with E-state index in [4.69, 9.17) is 4.74 Å². The number of benzene rings is 2. The second-order valence-electron chi connectivity index (χ2n) is 6.19. The molecule has 1 atom stereocenters. The van der Waals surface area contributed by atoms with Crippen molar-refractivity contribution in [2.75, 3.05) is 13.2 Å². The highest BCUT2D eigenvalue weighted by Crippen LogP contribution is 2.35. The predicted octanol–water partition coefficient (Wildman–Crippen LogP) is 4.55. The zero-order valence-corrected chi connectivity index (χ0v) is 16.2. The van der Waals surface area contributed by atoms with Crippen molar-refractivity contribution in [2.24, 2.45) is 0 Å². The quantitative estimate of drug-likeness (QED) is 0.506. The van der Waals surface area contributed by atoms with Crippen LogP contribution in [0.4, 0.5) is 18.9 Å². The molecule has 2 aromatic carbocycles. The molecule has 29 heavy (non-hydrogen) atoms. The molecule has 0 saturated carbocycles. The number of carbonyl (C=O) groups excluding carboxylic acids is 1. The molecule has 0 aliphatic carbocycles. The summed E-state index contributed by atoms with van der Waals surface area (Å²) in [5.41, 5.74) is -0.243. The van der Waals surface area contributed by atoms with Gasteiger partial charge in [0.05, 0.1) is 17.6 Å². The first-order chi connectivity index (χ1) is 13.6. The highest BCUT2D eigenvalue weighted by atomic mass is 79.9. The summed E-state index contributed by atoms with van der Waals surface area (Å²) in [5, 5.41) is 14.0. The summed E-state index contributed by atoms with van der Waals surface area (Å²) in [6.07, 6.45) is -4.16. The fraction of sp³-hybridized carbons (Fsp3) is 0.278. The molecule has 0 bridgehead atoms. The summed E-state index contributed by atoms with van der Waals surface area (Å²) in [5.74, 6) is -0.526. The van der Waals surface area contributed by atoms with E-state index in [0.29, 0.717) is 24.3 Å². The largest absolute Gasteiger partial charge is 0.493 e. The average Bonchev–Trinajstić information content (AvgIpc) is 2.66. The summed E-state index contributed by atoms with van der Waals surface area (Å²) < 4.78 is 48.0. The van der Waals surface area contributed by atoms with Gasteiger partial charge < -0.3 is 14.8 Å². The van der Waals surface area contributed by atoms with E-state index in [0.717, 1.165) is 22.7 Å². The first-order valence-corrected chi connectivity index (χ1v) is 9.14. The number of hydrogen-bond acceptors (Lipinski definition) is 5. The van der Waals surface area contributed by atoms with Crippen molar-refractivity contribution in [2.45, 2.75) is 18.6 Å². The maximum Gasteiger partial charge on any atom is 0.422 e. The highest BCUT2D eigenvalue weighted by Gasteiger charge is 2.30. The van der Waals surface area contributed by atoms with Gasteiger partial charge in [0.25, 0.3) is 11.6 Å². The van der Waals surface area contributed by atoms with Gasteiger partial charge in [-0.05, 0) is 30.3 Å². The van der Waals surface area contributed by atoms with Gasteiger partial charge in [-0.1, -0.05) is 15.9 Å². The highest BCUT2D eigenvalue weighted by molar-refractivity contribution is 9.10. The first kappa shape index (κ1) is 20.9. The smallest absolute Gasteiger partial charge is 0.422 e. The third-order valence-corrected chi connectivity index (χ3v) is 4.62. The van der Waals surface area contributed by atoms with Crippen LogP contribution >= 0.6 is 15.9 Å². The van der Waals surface area contributed by atoms with Gasteiger partial charge in [0, 0.05) is 22.5 Å². The normalized spacial score (nSPS) is 15.8. The van der Waals surface area contributed by atoms with Crippen LogP contribution in [-0.2, 0) is 0 Å². The number of nitrogens with one attached hydrogen (secondary N) is 1. The molecule has 1 heterocycles. The fourth-order valence-corrected chi connectivity index (χ4v) is 3.24. The van der Waals surface area contributed by atoms with E-state index >= 15 is 0 Å². The molecule has 1 aliphatic rings. The lowest BCUT2D eigenvalue weighted by Crippen LogP contribution is -2.32. The van der Waals surface area contributed by atoms with Crippen molar-refractivity contribution in [3.05, 3.63) is 62.1 Å². The third kappa shape index (κ3) is 5.17. The summed E-state index contributed by atoms with van der Waals surface area (Å²) in [6.45, 7) is -1.25. The Morgan fingerprint density at radius 2 is 2.07 bits per heavy atom.